The van der Waals surface area contributed by atoms with Gasteiger partial charge in [0.2, 0.25) is 0 Å². The molecule has 0 aliphatic carbocycles. The number of amides is 1. The Morgan fingerprint density at radius 3 is 2.76 bits per heavy atom. The highest BCUT2D eigenvalue weighted by atomic mass is 35.5. The summed E-state index contributed by atoms with van der Waals surface area (Å²) in [6.07, 6.45) is 2.69. The molecule has 0 radical (unpaired) electrons. The van der Waals surface area contributed by atoms with Crippen LogP contribution >= 0.6 is 11.6 Å². The third-order valence-corrected chi connectivity index (χ3v) is 3.27. The van der Waals surface area contributed by atoms with E-state index in [9.17, 15) is 4.79 Å². The summed E-state index contributed by atoms with van der Waals surface area (Å²) < 4.78 is 0. The van der Waals surface area contributed by atoms with E-state index in [2.05, 4.69) is 22.5 Å². The molecule has 21 heavy (non-hydrogen) atoms. The standard InChI is InChI=1S/C16H18ClN3O/c1-3-8-18-12-5-7-14(19-10-12)16(21)20-15-9-11(2)4-6-13(15)17/h4-7,9-10,18H,3,8H2,1-2H3,(H,20,21). The molecule has 0 aliphatic heterocycles. The zero-order valence-corrected chi connectivity index (χ0v) is 12.9. The van der Waals surface area contributed by atoms with Crippen molar-refractivity contribution in [1.82, 2.24) is 4.98 Å². The molecule has 0 aliphatic rings. The number of hydrogen-bond acceptors (Lipinski definition) is 3. The van der Waals surface area contributed by atoms with E-state index in [1.165, 1.54) is 0 Å². The average molecular weight is 304 g/mol. The van der Waals surface area contributed by atoms with E-state index in [1.54, 1.807) is 18.3 Å². The van der Waals surface area contributed by atoms with Gasteiger partial charge in [-0.2, -0.15) is 0 Å². The Balaban J connectivity index is 2.07. The molecule has 1 amide bonds. The van der Waals surface area contributed by atoms with Crippen molar-refractivity contribution in [2.75, 3.05) is 17.2 Å². The van der Waals surface area contributed by atoms with Crippen LogP contribution in [0, 0.1) is 6.92 Å². The number of aromatic nitrogens is 1. The predicted molar refractivity (Wildman–Crippen MR) is 87.2 cm³/mol. The normalized spacial score (nSPS) is 10.2. The summed E-state index contributed by atoms with van der Waals surface area (Å²) in [5.41, 5.74) is 2.88. The van der Waals surface area contributed by atoms with Crippen molar-refractivity contribution in [3.63, 3.8) is 0 Å². The number of carbonyl (C=O) groups excluding carboxylic acids is 1. The van der Waals surface area contributed by atoms with Crippen molar-refractivity contribution >= 4 is 28.9 Å². The van der Waals surface area contributed by atoms with E-state index < -0.39 is 0 Å². The van der Waals surface area contributed by atoms with E-state index >= 15 is 0 Å². The second-order valence-electron chi connectivity index (χ2n) is 4.80. The monoisotopic (exact) mass is 303 g/mol. The first-order valence-electron chi connectivity index (χ1n) is 6.87. The Morgan fingerprint density at radius 2 is 2.10 bits per heavy atom. The van der Waals surface area contributed by atoms with Gasteiger partial charge < -0.3 is 10.6 Å². The third-order valence-electron chi connectivity index (χ3n) is 2.95. The molecule has 5 heteroatoms. The Labute approximate surface area is 129 Å². The van der Waals surface area contributed by atoms with Crippen LogP contribution in [0.3, 0.4) is 0 Å². The Morgan fingerprint density at radius 1 is 1.29 bits per heavy atom. The number of halogens is 1. The zero-order valence-electron chi connectivity index (χ0n) is 12.1. The molecular formula is C16H18ClN3O. The number of pyridine rings is 1. The number of nitrogens with one attached hydrogen (secondary N) is 2. The van der Waals surface area contributed by atoms with Crippen LogP contribution in [-0.2, 0) is 0 Å². The average Bonchev–Trinajstić information content (AvgIpc) is 2.49. The van der Waals surface area contributed by atoms with Gasteiger partial charge in [-0.15, -0.1) is 0 Å². The van der Waals surface area contributed by atoms with Gasteiger partial charge in [-0.25, -0.2) is 4.98 Å². The SMILES string of the molecule is CCCNc1ccc(C(=O)Nc2cc(C)ccc2Cl)nc1. The Bertz CT molecular complexity index is 626. The molecule has 0 saturated heterocycles. The fourth-order valence-corrected chi connectivity index (χ4v) is 1.99. The van der Waals surface area contributed by atoms with Crippen LogP contribution in [0.4, 0.5) is 11.4 Å². The summed E-state index contributed by atoms with van der Waals surface area (Å²) in [5, 5.41) is 6.50. The summed E-state index contributed by atoms with van der Waals surface area (Å²) in [4.78, 5) is 16.3. The molecule has 0 bridgehead atoms. The van der Waals surface area contributed by atoms with Crippen LogP contribution < -0.4 is 10.6 Å². The second kappa shape index (κ2) is 7.09. The Kier molecular flexibility index (Phi) is 5.17. The minimum Gasteiger partial charge on any atom is -0.384 e. The predicted octanol–water partition coefficient (Wildman–Crippen LogP) is 4.12. The van der Waals surface area contributed by atoms with Crippen LogP contribution in [0.5, 0.6) is 0 Å². The molecule has 0 unspecified atom stereocenters. The first-order chi connectivity index (χ1) is 10.1. The second-order valence-corrected chi connectivity index (χ2v) is 5.20. The lowest BCUT2D eigenvalue weighted by atomic mass is 10.2. The summed E-state index contributed by atoms with van der Waals surface area (Å²) in [6, 6.07) is 9.02. The van der Waals surface area contributed by atoms with Crippen molar-refractivity contribution in [3.8, 4) is 0 Å². The highest BCUT2D eigenvalue weighted by molar-refractivity contribution is 6.33. The first-order valence-corrected chi connectivity index (χ1v) is 7.25. The van der Waals surface area contributed by atoms with Crippen LogP contribution in [0.15, 0.2) is 36.5 Å². The molecule has 110 valence electrons. The van der Waals surface area contributed by atoms with Crippen molar-refractivity contribution in [1.29, 1.82) is 0 Å². The minimum absolute atomic E-state index is 0.274. The molecule has 4 nitrogen and oxygen atoms in total. The number of benzene rings is 1. The fourth-order valence-electron chi connectivity index (χ4n) is 1.82. The maximum atomic E-state index is 12.2. The first kappa shape index (κ1) is 15.3. The van der Waals surface area contributed by atoms with Crippen LogP contribution in [-0.4, -0.2) is 17.4 Å². The molecular weight excluding hydrogens is 286 g/mol. The third kappa shape index (κ3) is 4.20. The zero-order chi connectivity index (χ0) is 15.2. The largest absolute Gasteiger partial charge is 0.384 e. The number of anilines is 2. The summed E-state index contributed by atoms with van der Waals surface area (Å²) in [6.45, 7) is 4.92. The van der Waals surface area contributed by atoms with Crippen LogP contribution in [0.2, 0.25) is 5.02 Å². The van der Waals surface area contributed by atoms with Crippen molar-refractivity contribution < 1.29 is 4.79 Å². The maximum Gasteiger partial charge on any atom is 0.274 e. The van der Waals surface area contributed by atoms with E-state index in [4.69, 9.17) is 11.6 Å². The number of aryl methyl sites for hydroxylation is 1. The minimum atomic E-state index is -0.274. The van der Waals surface area contributed by atoms with Gasteiger partial charge in [-0.3, -0.25) is 4.79 Å². The molecule has 2 rings (SSSR count). The van der Waals surface area contributed by atoms with Gasteiger partial charge in [0.05, 0.1) is 22.6 Å². The van der Waals surface area contributed by atoms with Gasteiger partial charge in [0.15, 0.2) is 0 Å². The summed E-state index contributed by atoms with van der Waals surface area (Å²) >= 11 is 6.07. The fraction of sp³-hybridized carbons (Fsp3) is 0.250. The molecule has 1 aromatic carbocycles. The molecule has 0 spiro atoms. The van der Waals surface area contributed by atoms with Gasteiger partial charge in [-0.1, -0.05) is 24.6 Å². The van der Waals surface area contributed by atoms with E-state index in [0.29, 0.717) is 16.4 Å². The van der Waals surface area contributed by atoms with Gasteiger partial charge in [0.1, 0.15) is 5.69 Å². The van der Waals surface area contributed by atoms with Crippen molar-refractivity contribution in [2.24, 2.45) is 0 Å². The summed E-state index contributed by atoms with van der Waals surface area (Å²) in [7, 11) is 0. The quantitative estimate of drug-likeness (QED) is 0.873. The lowest BCUT2D eigenvalue weighted by Crippen LogP contribution is -2.14. The van der Waals surface area contributed by atoms with E-state index in [-0.39, 0.29) is 5.91 Å². The molecule has 0 atom stereocenters. The highest BCUT2D eigenvalue weighted by Crippen LogP contribution is 2.23. The van der Waals surface area contributed by atoms with Gasteiger partial charge in [-0.05, 0) is 43.2 Å². The van der Waals surface area contributed by atoms with E-state index in [1.807, 2.05) is 25.1 Å². The van der Waals surface area contributed by atoms with Gasteiger partial charge in [0, 0.05) is 6.54 Å². The summed E-state index contributed by atoms with van der Waals surface area (Å²) in [5.74, 6) is -0.274. The molecule has 1 aromatic heterocycles. The number of carbonyl (C=O) groups is 1. The maximum absolute atomic E-state index is 12.2. The number of hydrogen-bond donors (Lipinski definition) is 2. The molecule has 1 heterocycles. The lowest BCUT2D eigenvalue weighted by Gasteiger charge is -2.08. The molecule has 2 N–H and O–H groups in total. The highest BCUT2D eigenvalue weighted by Gasteiger charge is 2.10. The smallest absolute Gasteiger partial charge is 0.274 e. The topological polar surface area (TPSA) is 54.0 Å². The Hall–Kier alpha value is -2.07. The molecule has 0 saturated carbocycles. The lowest BCUT2D eigenvalue weighted by molar-refractivity contribution is 0.102. The number of rotatable bonds is 5. The van der Waals surface area contributed by atoms with Crippen LogP contribution in [0.1, 0.15) is 29.4 Å². The number of nitrogens with zero attached hydrogens (tertiary/aromatic N) is 1. The van der Waals surface area contributed by atoms with Gasteiger partial charge >= 0.3 is 0 Å². The van der Waals surface area contributed by atoms with E-state index in [0.717, 1.165) is 24.2 Å². The van der Waals surface area contributed by atoms with Crippen LogP contribution in [0.25, 0.3) is 0 Å². The van der Waals surface area contributed by atoms with Crippen molar-refractivity contribution in [2.45, 2.75) is 20.3 Å². The molecule has 0 fully saturated rings. The van der Waals surface area contributed by atoms with Crippen molar-refractivity contribution in [3.05, 3.63) is 52.8 Å². The van der Waals surface area contributed by atoms with Gasteiger partial charge in [0.25, 0.3) is 5.91 Å². The molecule has 2 aromatic rings.